The van der Waals surface area contributed by atoms with E-state index in [4.69, 9.17) is 5.73 Å². The van der Waals surface area contributed by atoms with Crippen molar-refractivity contribution < 1.29 is 0 Å². The molecule has 3 rings (SSSR count). The van der Waals surface area contributed by atoms with Crippen LogP contribution in [-0.2, 0) is 0 Å². The molecule has 1 aliphatic heterocycles. The molecule has 0 spiro atoms. The van der Waals surface area contributed by atoms with Crippen LogP contribution in [0.3, 0.4) is 0 Å². The van der Waals surface area contributed by atoms with Gasteiger partial charge in [-0.05, 0) is 25.2 Å². The molecule has 2 atom stereocenters. The monoisotopic (exact) mass is 248 g/mol. The molecule has 0 aromatic carbocycles. The Bertz CT molecular complexity index is 484. The van der Waals surface area contributed by atoms with E-state index in [-0.39, 0.29) is 11.6 Å². The van der Waals surface area contributed by atoms with Crippen molar-refractivity contribution in [1.29, 1.82) is 0 Å². The van der Waals surface area contributed by atoms with E-state index >= 15 is 0 Å². The van der Waals surface area contributed by atoms with Crippen molar-refractivity contribution in [1.82, 2.24) is 9.55 Å². The molecule has 0 bridgehead atoms. The average Bonchev–Trinajstić information content (AvgIpc) is 3.12. The van der Waals surface area contributed by atoms with Gasteiger partial charge in [-0.3, -0.25) is 4.79 Å². The molecule has 2 heterocycles. The summed E-state index contributed by atoms with van der Waals surface area (Å²) in [6.07, 6.45) is 6.79. The van der Waals surface area contributed by atoms with Gasteiger partial charge in [0, 0.05) is 37.6 Å². The summed E-state index contributed by atoms with van der Waals surface area (Å²) in [4.78, 5) is 18.7. The third-order valence-corrected chi connectivity index (χ3v) is 3.78. The van der Waals surface area contributed by atoms with E-state index in [1.165, 1.54) is 0 Å². The van der Waals surface area contributed by atoms with E-state index in [2.05, 4.69) is 16.8 Å². The van der Waals surface area contributed by atoms with Crippen molar-refractivity contribution in [2.24, 2.45) is 11.7 Å². The molecule has 1 aromatic heterocycles. The Balaban J connectivity index is 1.91. The van der Waals surface area contributed by atoms with Crippen LogP contribution in [0.25, 0.3) is 0 Å². The summed E-state index contributed by atoms with van der Waals surface area (Å²) in [5, 5.41) is 0. The van der Waals surface area contributed by atoms with E-state index in [9.17, 15) is 4.79 Å². The molecule has 2 N–H and O–H groups in total. The number of hydrogen-bond acceptors (Lipinski definition) is 4. The van der Waals surface area contributed by atoms with Gasteiger partial charge in [0.15, 0.2) is 5.82 Å². The van der Waals surface area contributed by atoms with Crippen LogP contribution in [0.4, 0.5) is 5.82 Å². The summed E-state index contributed by atoms with van der Waals surface area (Å²) in [5.41, 5.74) is 6.08. The lowest BCUT2D eigenvalue weighted by atomic mass is 9.97. The van der Waals surface area contributed by atoms with Gasteiger partial charge in [0.05, 0.1) is 0 Å². The molecule has 1 saturated heterocycles. The van der Waals surface area contributed by atoms with Gasteiger partial charge in [-0.2, -0.15) is 0 Å². The third kappa shape index (κ3) is 2.14. The minimum Gasteiger partial charge on any atom is -0.350 e. The summed E-state index contributed by atoms with van der Waals surface area (Å²) in [5.74, 6) is 1.09. The van der Waals surface area contributed by atoms with Gasteiger partial charge in [0.1, 0.15) is 0 Å². The van der Waals surface area contributed by atoms with Crippen LogP contribution in [0.1, 0.15) is 32.2 Å². The number of aromatic nitrogens is 2. The zero-order valence-electron chi connectivity index (χ0n) is 10.7. The molecule has 5 nitrogen and oxygen atoms in total. The van der Waals surface area contributed by atoms with Crippen molar-refractivity contribution in [3.05, 3.63) is 22.7 Å². The van der Waals surface area contributed by atoms with Crippen molar-refractivity contribution in [3.63, 3.8) is 0 Å². The first-order chi connectivity index (χ1) is 8.65. The van der Waals surface area contributed by atoms with Gasteiger partial charge >= 0.3 is 0 Å². The van der Waals surface area contributed by atoms with Gasteiger partial charge in [-0.1, -0.05) is 6.92 Å². The van der Waals surface area contributed by atoms with Crippen LogP contribution in [0.15, 0.2) is 17.2 Å². The highest BCUT2D eigenvalue weighted by Gasteiger charge is 2.28. The largest absolute Gasteiger partial charge is 0.350 e. The van der Waals surface area contributed by atoms with Crippen molar-refractivity contribution in [3.8, 4) is 0 Å². The Morgan fingerprint density at radius 2 is 2.17 bits per heavy atom. The first-order valence-corrected chi connectivity index (χ1v) is 6.73. The molecule has 1 aromatic rings. The number of anilines is 1. The van der Waals surface area contributed by atoms with Crippen molar-refractivity contribution >= 4 is 5.82 Å². The lowest BCUT2D eigenvalue weighted by molar-refractivity contribution is 0.398. The van der Waals surface area contributed by atoms with Crippen LogP contribution in [0.2, 0.25) is 0 Å². The Morgan fingerprint density at radius 1 is 1.39 bits per heavy atom. The molecule has 1 aliphatic carbocycles. The minimum absolute atomic E-state index is 0.0429. The molecule has 2 fully saturated rings. The van der Waals surface area contributed by atoms with Crippen molar-refractivity contribution in [2.45, 2.75) is 38.3 Å². The van der Waals surface area contributed by atoms with Gasteiger partial charge in [-0.25, -0.2) is 4.98 Å². The van der Waals surface area contributed by atoms with Gasteiger partial charge in [0.25, 0.3) is 5.56 Å². The summed E-state index contributed by atoms with van der Waals surface area (Å²) < 4.78 is 1.83. The molecule has 0 amide bonds. The van der Waals surface area contributed by atoms with Crippen LogP contribution in [-0.4, -0.2) is 28.7 Å². The molecule has 5 heteroatoms. The number of piperidine rings is 1. The summed E-state index contributed by atoms with van der Waals surface area (Å²) in [6, 6.07) is 0.541. The van der Waals surface area contributed by atoms with Crippen LogP contribution < -0.4 is 16.2 Å². The highest BCUT2D eigenvalue weighted by Crippen LogP contribution is 2.33. The Hall–Kier alpha value is -1.36. The van der Waals surface area contributed by atoms with Crippen molar-refractivity contribution in [2.75, 3.05) is 18.0 Å². The van der Waals surface area contributed by atoms with E-state index in [1.54, 1.807) is 12.4 Å². The quantitative estimate of drug-likeness (QED) is 0.839. The highest BCUT2D eigenvalue weighted by atomic mass is 16.1. The molecule has 1 saturated carbocycles. The van der Waals surface area contributed by atoms with E-state index in [0.29, 0.717) is 17.8 Å². The maximum Gasteiger partial charge on any atom is 0.293 e. The smallest absolute Gasteiger partial charge is 0.293 e. The highest BCUT2D eigenvalue weighted by molar-refractivity contribution is 5.37. The first kappa shape index (κ1) is 11.7. The third-order valence-electron chi connectivity index (χ3n) is 3.78. The lowest BCUT2D eigenvalue weighted by Gasteiger charge is -2.35. The number of hydrogen-bond donors (Lipinski definition) is 1. The summed E-state index contributed by atoms with van der Waals surface area (Å²) in [7, 11) is 0. The molecule has 2 unspecified atom stereocenters. The Labute approximate surface area is 107 Å². The second-order valence-corrected chi connectivity index (χ2v) is 5.70. The second kappa shape index (κ2) is 4.39. The normalized spacial score (nSPS) is 28.4. The molecule has 18 heavy (non-hydrogen) atoms. The van der Waals surface area contributed by atoms with E-state index in [0.717, 1.165) is 32.4 Å². The Kier molecular flexibility index (Phi) is 2.86. The average molecular weight is 248 g/mol. The topological polar surface area (TPSA) is 64.2 Å². The molecular formula is C13H20N4O. The standard InChI is InChI=1S/C13H20N4O/c1-9-6-10(14)8-16(7-9)12-13(18)17(5-4-15-12)11-2-3-11/h4-5,9-11H,2-3,6-8,14H2,1H3. The second-order valence-electron chi connectivity index (χ2n) is 5.70. The van der Waals surface area contributed by atoms with Crippen LogP contribution in [0, 0.1) is 5.92 Å². The molecule has 2 aliphatic rings. The maximum absolute atomic E-state index is 12.4. The van der Waals surface area contributed by atoms with Crippen LogP contribution in [0.5, 0.6) is 0 Å². The fraction of sp³-hybridized carbons (Fsp3) is 0.692. The van der Waals surface area contributed by atoms with Crippen LogP contribution >= 0.6 is 0 Å². The maximum atomic E-state index is 12.4. The van der Waals surface area contributed by atoms with Gasteiger partial charge in [0.2, 0.25) is 0 Å². The molecule has 0 radical (unpaired) electrons. The predicted molar refractivity (Wildman–Crippen MR) is 70.7 cm³/mol. The zero-order chi connectivity index (χ0) is 12.7. The zero-order valence-corrected chi connectivity index (χ0v) is 10.7. The minimum atomic E-state index is 0.0429. The van der Waals surface area contributed by atoms with Gasteiger partial charge in [-0.15, -0.1) is 0 Å². The fourth-order valence-electron chi connectivity index (χ4n) is 2.84. The number of nitrogens with zero attached hydrogens (tertiary/aromatic N) is 3. The SMILES string of the molecule is CC1CC(N)CN(c2nccn(C3CC3)c2=O)C1. The summed E-state index contributed by atoms with van der Waals surface area (Å²) in [6.45, 7) is 3.79. The number of nitrogens with two attached hydrogens (primary N) is 1. The lowest BCUT2D eigenvalue weighted by Crippen LogP contribution is -2.48. The predicted octanol–water partition coefficient (Wildman–Crippen LogP) is 0.752. The summed E-state index contributed by atoms with van der Waals surface area (Å²) >= 11 is 0. The number of rotatable bonds is 2. The fourth-order valence-corrected chi connectivity index (χ4v) is 2.84. The molecule has 98 valence electrons. The van der Waals surface area contributed by atoms with Gasteiger partial charge < -0.3 is 15.2 Å². The van der Waals surface area contributed by atoms with E-state index < -0.39 is 0 Å². The Morgan fingerprint density at radius 3 is 2.83 bits per heavy atom. The van der Waals surface area contributed by atoms with E-state index in [1.807, 2.05) is 4.57 Å². The first-order valence-electron chi connectivity index (χ1n) is 6.73. The molecular weight excluding hydrogens is 228 g/mol.